The highest BCUT2D eigenvalue weighted by atomic mass is 19.1. The van der Waals surface area contributed by atoms with Crippen LogP contribution in [0.3, 0.4) is 0 Å². The minimum Gasteiger partial charge on any atom is -0.359 e. The number of para-hydroxylation sites is 1. The van der Waals surface area contributed by atoms with Crippen LogP contribution in [0.5, 0.6) is 0 Å². The molecule has 0 spiro atoms. The van der Waals surface area contributed by atoms with Crippen LogP contribution in [0.25, 0.3) is 0 Å². The summed E-state index contributed by atoms with van der Waals surface area (Å²) < 4.78 is 15.4. The van der Waals surface area contributed by atoms with Gasteiger partial charge < -0.3 is 9.80 Å². The lowest BCUT2D eigenvalue weighted by Crippen LogP contribution is -2.39. The summed E-state index contributed by atoms with van der Waals surface area (Å²) in [6.45, 7) is 16.9. The Morgan fingerprint density at radius 1 is 1.19 bits per heavy atom. The van der Waals surface area contributed by atoms with Crippen LogP contribution in [0.15, 0.2) is 55.0 Å². The largest absolute Gasteiger partial charge is 0.359 e. The normalized spacial score (nSPS) is 17.4. The Kier molecular flexibility index (Phi) is 6.74. The average Bonchev–Trinajstić information content (AvgIpc) is 2.94. The first kappa shape index (κ1) is 21.1. The molecule has 1 aromatic rings. The van der Waals surface area contributed by atoms with Gasteiger partial charge in [-0.15, -0.1) is 0 Å². The first-order valence-corrected chi connectivity index (χ1v) is 9.86. The predicted molar refractivity (Wildman–Crippen MR) is 114 cm³/mol. The maximum absolute atomic E-state index is 15.4. The van der Waals surface area contributed by atoms with Gasteiger partial charge in [-0.2, -0.15) is 4.39 Å². The van der Waals surface area contributed by atoms with Crippen molar-refractivity contribution >= 4 is 5.69 Å². The van der Waals surface area contributed by atoms with Crippen LogP contribution >= 0.6 is 0 Å². The van der Waals surface area contributed by atoms with Crippen LogP contribution in [0, 0.1) is 0 Å². The zero-order valence-electron chi connectivity index (χ0n) is 17.8. The van der Waals surface area contributed by atoms with Gasteiger partial charge in [0, 0.05) is 19.4 Å². The molecule has 0 fully saturated rings. The van der Waals surface area contributed by atoms with Crippen molar-refractivity contribution in [3.05, 3.63) is 66.2 Å². The van der Waals surface area contributed by atoms with Gasteiger partial charge in [0.1, 0.15) is 12.0 Å². The van der Waals surface area contributed by atoms with Crippen molar-refractivity contribution in [3.8, 4) is 0 Å². The molecule has 4 heteroatoms. The minimum absolute atomic E-state index is 0.0862. The van der Waals surface area contributed by atoms with E-state index in [0.717, 1.165) is 16.8 Å². The molecule has 27 heavy (non-hydrogen) atoms. The van der Waals surface area contributed by atoms with Crippen molar-refractivity contribution in [1.82, 2.24) is 9.80 Å². The summed E-state index contributed by atoms with van der Waals surface area (Å²) in [5, 5.41) is 0. The van der Waals surface area contributed by atoms with Crippen LogP contribution < -0.4 is 4.90 Å². The molecule has 2 rings (SSSR count). The SMILES string of the molecule is C=C(N(/C(F)=C\CC)c1c(C(C)C)cccc1C(C)C)N1C=CN(C)[C@@H]1C. The predicted octanol–water partition coefficient (Wildman–Crippen LogP) is 6.50. The number of benzene rings is 1. The maximum Gasteiger partial charge on any atom is 0.195 e. The summed E-state index contributed by atoms with van der Waals surface area (Å²) in [5.74, 6) is 0.906. The topological polar surface area (TPSA) is 9.72 Å². The van der Waals surface area contributed by atoms with E-state index in [1.54, 1.807) is 11.0 Å². The van der Waals surface area contributed by atoms with Gasteiger partial charge in [0.2, 0.25) is 0 Å². The molecule has 1 heterocycles. The Labute approximate surface area is 164 Å². The van der Waals surface area contributed by atoms with Crippen molar-refractivity contribution < 1.29 is 4.39 Å². The Balaban J connectivity index is 2.67. The zero-order valence-corrected chi connectivity index (χ0v) is 17.8. The highest BCUT2D eigenvalue weighted by molar-refractivity contribution is 5.68. The van der Waals surface area contributed by atoms with E-state index in [1.165, 1.54) is 0 Å². The quantitative estimate of drug-likeness (QED) is 0.507. The number of hydrogen-bond donors (Lipinski definition) is 0. The molecule has 0 saturated carbocycles. The van der Waals surface area contributed by atoms with Crippen molar-refractivity contribution in [2.24, 2.45) is 0 Å². The van der Waals surface area contributed by atoms with Crippen LogP contribution in [-0.4, -0.2) is 23.0 Å². The molecule has 0 unspecified atom stereocenters. The lowest BCUT2D eigenvalue weighted by atomic mass is 9.92. The first-order valence-electron chi connectivity index (χ1n) is 9.86. The third-order valence-electron chi connectivity index (χ3n) is 5.16. The number of hydrogen-bond acceptors (Lipinski definition) is 3. The summed E-state index contributed by atoms with van der Waals surface area (Å²) in [4.78, 5) is 5.81. The molecule has 1 atom stereocenters. The van der Waals surface area contributed by atoms with Gasteiger partial charge in [-0.3, -0.25) is 4.90 Å². The standard InChI is InChI=1S/C23H34FN3/c1-9-11-22(24)27(19(7)26-15-14-25(8)18(26)6)23-20(16(2)3)12-10-13-21(23)17(4)5/h10-18H,7,9H2,1-6,8H3/b22-11-/t18-/m0/s1. The van der Waals surface area contributed by atoms with Gasteiger partial charge in [-0.25, -0.2) is 0 Å². The van der Waals surface area contributed by atoms with Crippen molar-refractivity contribution in [3.63, 3.8) is 0 Å². The molecule has 1 aromatic carbocycles. The summed E-state index contributed by atoms with van der Waals surface area (Å²) in [6.07, 6.45) is 6.30. The first-order chi connectivity index (χ1) is 12.7. The van der Waals surface area contributed by atoms with E-state index in [9.17, 15) is 0 Å². The molecule has 0 aliphatic carbocycles. The number of nitrogens with zero attached hydrogens (tertiary/aromatic N) is 3. The average molecular weight is 372 g/mol. The summed E-state index contributed by atoms with van der Waals surface area (Å²) in [7, 11) is 2.01. The molecule has 0 amide bonds. The summed E-state index contributed by atoms with van der Waals surface area (Å²) in [5.41, 5.74) is 3.18. The molecule has 0 bridgehead atoms. The molecule has 3 nitrogen and oxygen atoms in total. The number of anilines is 1. The van der Waals surface area contributed by atoms with E-state index in [0.29, 0.717) is 12.2 Å². The van der Waals surface area contributed by atoms with Gasteiger partial charge in [-0.1, -0.05) is 59.4 Å². The summed E-state index contributed by atoms with van der Waals surface area (Å²) >= 11 is 0. The molecule has 148 valence electrons. The maximum atomic E-state index is 15.4. The molecular weight excluding hydrogens is 337 g/mol. The molecule has 0 radical (unpaired) electrons. The fraction of sp³-hybridized carbons (Fsp3) is 0.478. The number of halogens is 1. The second-order valence-corrected chi connectivity index (χ2v) is 7.78. The van der Waals surface area contributed by atoms with Gasteiger partial charge in [-0.05, 0) is 42.4 Å². The van der Waals surface area contributed by atoms with E-state index in [4.69, 9.17) is 0 Å². The van der Waals surface area contributed by atoms with Crippen LogP contribution in [-0.2, 0) is 0 Å². The van der Waals surface area contributed by atoms with Crippen molar-refractivity contribution in [2.45, 2.75) is 66.0 Å². The Bertz CT molecular complexity index is 707. The lowest BCUT2D eigenvalue weighted by Gasteiger charge is -2.37. The molecule has 1 aliphatic rings. The number of rotatable bonds is 7. The van der Waals surface area contributed by atoms with E-state index < -0.39 is 0 Å². The summed E-state index contributed by atoms with van der Waals surface area (Å²) in [6, 6.07) is 6.27. The van der Waals surface area contributed by atoms with Gasteiger partial charge in [0.15, 0.2) is 5.95 Å². The smallest absolute Gasteiger partial charge is 0.195 e. The van der Waals surface area contributed by atoms with E-state index >= 15 is 4.39 Å². The van der Waals surface area contributed by atoms with E-state index in [1.807, 2.05) is 31.3 Å². The Hall–Kier alpha value is -2.23. The third kappa shape index (κ3) is 4.20. The zero-order chi connectivity index (χ0) is 20.3. The van der Waals surface area contributed by atoms with Gasteiger partial charge in [0.25, 0.3) is 0 Å². The highest BCUT2D eigenvalue weighted by Crippen LogP contribution is 2.40. The second kappa shape index (κ2) is 8.64. The minimum atomic E-state index is -0.271. The third-order valence-corrected chi connectivity index (χ3v) is 5.16. The van der Waals surface area contributed by atoms with E-state index in [2.05, 4.69) is 64.3 Å². The number of allylic oxidation sites excluding steroid dienone is 1. The molecule has 1 aliphatic heterocycles. The fourth-order valence-electron chi connectivity index (χ4n) is 3.43. The molecule has 0 aromatic heterocycles. The highest BCUT2D eigenvalue weighted by Gasteiger charge is 2.30. The Morgan fingerprint density at radius 2 is 1.74 bits per heavy atom. The van der Waals surface area contributed by atoms with Crippen LogP contribution in [0.1, 0.15) is 70.9 Å². The van der Waals surface area contributed by atoms with Gasteiger partial charge >= 0.3 is 0 Å². The second-order valence-electron chi connectivity index (χ2n) is 7.78. The lowest BCUT2D eigenvalue weighted by molar-refractivity contribution is 0.228. The van der Waals surface area contributed by atoms with Crippen molar-refractivity contribution in [2.75, 3.05) is 11.9 Å². The fourth-order valence-corrected chi connectivity index (χ4v) is 3.43. The van der Waals surface area contributed by atoms with Crippen molar-refractivity contribution in [1.29, 1.82) is 0 Å². The molecular formula is C23H34FN3. The molecule has 0 saturated heterocycles. The van der Waals surface area contributed by atoms with Crippen LogP contribution in [0.4, 0.5) is 10.1 Å². The monoisotopic (exact) mass is 371 g/mol. The Morgan fingerprint density at radius 3 is 2.15 bits per heavy atom. The van der Waals surface area contributed by atoms with Crippen LogP contribution in [0.2, 0.25) is 0 Å². The van der Waals surface area contributed by atoms with Gasteiger partial charge in [0.05, 0.1) is 5.69 Å². The van der Waals surface area contributed by atoms with E-state index in [-0.39, 0.29) is 24.0 Å². The molecule has 0 N–H and O–H groups in total.